The molecule has 1 aliphatic heterocycles. The van der Waals surface area contributed by atoms with E-state index < -0.39 is 12.0 Å². The largest absolute Gasteiger partial charge is 0.446 e. The number of hydrogen-bond donors (Lipinski definition) is 2. The molecule has 0 bridgehead atoms. The normalized spacial score (nSPS) is 15.9. The Hall–Kier alpha value is -2.02. The van der Waals surface area contributed by atoms with Gasteiger partial charge in [-0.25, -0.2) is 9.78 Å². The number of hydrogen-bond acceptors (Lipinski definition) is 5. The highest BCUT2D eigenvalue weighted by Gasteiger charge is 2.26. The molecule has 0 atom stereocenters. The van der Waals surface area contributed by atoms with Crippen molar-refractivity contribution in [1.82, 2.24) is 10.3 Å². The molecule has 1 fully saturated rings. The highest BCUT2D eigenvalue weighted by molar-refractivity contribution is 6.29. The van der Waals surface area contributed by atoms with Crippen LogP contribution in [0.2, 0.25) is 5.15 Å². The van der Waals surface area contributed by atoms with Crippen LogP contribution in [0.5, 0.6) is 0 Å². The number of ether oxygens (including phenoxy) is 1. The second-order valence-corrected chi connectivity index (χ2v) is 7.22. The molecule has 7 nitrogen and oxygen atoms in total. The minimum atomic E-state index is -0.544. The van der Waals surface area contributed by atoms with E-state index in [0.29, 0.717) is 42.5 Å². The number of pyridine rings is 1. The lowest BCUT2D eigenvalue weighted by Crippen LogP contribution is -2.45. The lowest BCUT2D eigenvalue weighted by atomic mass is 10.1. The van der Waals surface area contributed by atoms with Gasteiger partial charge in [-0.1, -0.05) is 11.6 Å². The monoisotopic (exact) mass is 354 g/mol. The first-order valence-corrected chi connectivity index (χ1v) is 8.23. The molecule has 0 aromatic carbocycles. The van der Waals surface area contributed by atoms with Crippen molar-refractivity contribution in [3.05, 3.63) is 22.8 Å². The molecular weight excluding hydrogens is 332 g/mol. The van der Waals surface area contributed by atoms with Crippen LogP contribution in [0.25, 0.3) is 0 Å². The van der Waals surface area contributed by atoms with Gasteiger partial charge in [-0.2, -0.15) is 0 Å². The van der Waals surface area contributed by atoms with Gasteiger partial charge in [0.15, 0.2) is 0 Å². The lowest BCUT2D eigenvalue weighted by Gasteiger charge is -2.33. The van der Waals surface area contributed by atoms with Gasteiger partial charge in [0.25, 0.3) is 5.91 Å². The van der Waals surface area contributed by atoms with E-state index in [1.165, 1.54) is 6.07 Å². The van der Waals surface area contributed by atoms with Crippen LogP contribution < -0.4 is 16.0 Å². The van der Waals surface area contributed by atoms with Crippen LogP contribution in [-0.2, 0) is 4.74 Å². The number of piperidine rings is 1. The minimum absolute atomic E-state index is 0.167. The highest BCUT2D eigenvalue weighted by atomic mass is 35.5. The number of halogens is 1. The summed E-state index contributed by atoms with van der Waals surface area (Å²) in [6.45, 7) is 6.88. The molecule has 2 heterocycles. The van der Waals surface area contributed by atoms with Crippen molar-refractivity contribution in [2.24, 2.45) is 5.73 Å². The number of primary amides is 1. The minimum Gasteiger partial charge on any atom is -0.446 e. The Morgan fingerprint density at radius 1 is 1.33 bits per heavy atom. The first-order chi connectivity index (χ1) is 11.2. The molecule has 24 heavy (non-hydrogen) atoms. The van der Waals surface area contributed by atoms with Crippen LogP contribution in [0, 0.1) is 0 Å². The van der Waals surface area contributed by atoms with Gasteiger partial charge in [0.2, 0.25) is 0 Å². The Balaban J connectivity index is 1.97. The molecule has 132 valence electrons. The van der Waals surface area contributed by atoms with Gasteiger partial charge in [0, 0.05) is 31.5 Å². The number of alkyl carbamates (subject to hydrolysis) is 1. The van der Waals surface area contributed by atoms with Gasteiger partial charge >= 0.3 is 6.09 Å². The molecule has 0 aliphatic carbocycles. The number of carbonyl (C=O) groups is 2. The van der Waals surface area contributed by atoms with Gasteiger partial charge in [0.1, 0.15) is 17.1 Å². The maximum Gasteiger partial charge on any atom is 0.407 e. The molecule has 2 rings (SSSR count). The summed E-state index contributed by atoms with van der Waals surface area (Å²) in [5, 5.41) is 3.08. The summed E-state index contributed by atoms with van der Waals surface area (Å²) < 4.78 is 5.44. The number of nitrogens with two attached hydrogens (primary N) is 1. The number of nitrogens with one attached hydrogen (secondary N) is 1. The zero-order valence-electron chi connectivity index (χ0n) is 14.1. The molecule has 0 radical (unpaired) electrons. The third-order valence-electron chi connectivity index (χ3n) is 3.60. The second kappa shape index (κ2) is 7.25. The maximum absolute atomic E-state index is 11.8. The number of anilines is 1. The topological polar surface area (TPSA) is 97.6 Å². The van der Waals surface area contributed by atoms with E-state index in [0.717, 1.165) is 0 Å². The number of rotatable bonds is 3. The standard InChI is InChI=1S/C16H23ClN4O3/c1-16(2,3)20-15(23)24-10-6-8-21(9-7-10)14-11(13(18)22)4-5-12(17)19-14/h4-5,10H,6-9H2,1-3H3,(H2,18,22)(H,20,23). The first-order valence-electron chi connectivity index (χ1n) is 7.86. The third-order valence-corrected chi connectivity index (χ3v) is 3.81. The van der Waals surface area contributed by atoms with Crippen molar-refractivity contribution in [1.29, 1.82) is 0 Å². The Morgan fingerprint density at radius 2 is 1.96 bits per heavy atom. The van der Waals surface area contributed by atoms with Gasteiger partial charge in [-0.15, -0.1) is 0 Å². The van der Waals surface area contributed by atoms with Gasteiger partial charge < -0.3 is 20.7 Å². The number of carbonyl (C=O) groups excluding carboxylic acids is 2. The molecule has 0 saturated carbocycles. The van der Waals surface area contributed by atoms with E-state index in [9.17, 15) is 9.59 Å². The fourth-order valence-electron chi connectivity index (χ4n) is 2.53. The first kappa shape index (κ1) is 18.3. The van der Waals surface area contributed by atoms with Crippen molar-refractivity contribution in [3.8, 4) is 0 Å². The van der Waals surface area contributed by atoms with Crippen molar-refractivity contribution in [2.45, 2.75) is 45.3 Å². The Bertz CT molecular complexity index is 622. The summed E-state index contributed by atoms with van der Waals surface area (Å²) in [4.78, 5) is 29.5. The smallest absolute Gasteiger partial charge is 0.407 e. The fourth-order valence-corrected chi connectivity index (χ4v) is 2.67. The molecule has 3 N–H and O–H groups in total. The van der Waals surface area contributed by atoms with E-state index in [1.54, 1.807) is 6.07 Å². The number of amides is 2. The molecule has 1 saturated heterocycles. The van der Waals surface area contributed by atoms with E-state index in [-0.39, 0.29) is 11.6 Å². The van der Waals surface area contributed by atoms with Crippen molar-refractivity contribution < 1.29 is 14.3 Å². The van der Waals surface area contributed by atoms with E-state index in [1.807, 2.05) is 25.7 Å². The molecule has 0 unspecified atom stereocenters. The Labute approximate surface area is 146 Å². The Kier molecular flexibility index (Phi) is 5.54. The van der Waals surface area contributed by atoms with Crippen LogP contribution >= 0.6 is 11.6 Å². The zero-order valence-corrected chi connectivity index (χ0v) is 14.9. The summed E-state index contributed by atoms with van der Waals surface area (Å²) >= 11 is 5.93. The van der Waals surface area contributed by atoms with Gasteiger partial charge in [0.05, 0.1) is 5.56 Å². The van der Waals surface area contributed by atoms with Gasteiger partial charge in [-0.3, -0.25) is 4.79 Å². The molecule has 1 aliphatic rings. The molecule has 1 aromatic rings. The number of nitrogens with zero attached hydrogens (tertiary/aromatic N) is 2. The average Bonchev–Trinajstić information content (AvgIpc) is 2.45. The predicted molar refractivity (Wildman–Crippen MR) is 92.4 cm³/mol. The predicted octanol–water partition coefficient (Wildman–Crippen LogP) is 2.33. The zero-order chi connectivity index (χ0) is 17.9. The maximum atomic E-state index is 11.8. The van der Waals surface area contributed by atoms with E-state index >= 15 is 0 Å². The SMILES string of the molecule is CC(C)(C)NC(=O)OC1CCN(c2nc(Cl)ccc2C(N)=O)CC1. The third kappa shape index (κ3) is 4.99. The van der Waals surface area contributed by atoms with Crippen LogP contribution in [-0.4, -0.2) is 41.7 Å². The Morgan fingerprint density at radius 3 is 2.50 bits per heavy atom. The number of aromatic nitrogens is 1. The lowest BCUT2D eigenvalue weighted by molar-refractivity contribution is 0.0776. The molecule has 2 amide bonds. The van der Waals surface area contributed by atoms with Gasteiger partial charge in [-0.05, 0) is 32.9 Å². The summed E-state index contributed by atoms with van der Waals surface area (Å²) in [5.41, 5.74) is 5.40. The van der Waals surface area contributed by atoms with Crippen LogP contribution in [0.3, 0.4) is 0 Å². The summed E-state index contributed by atoms with van der Waals surface area (Å²) in [6, 6.07) is 3.12. The van der Waals surface area contributed by atoms with E-state index in [4.69, 9.17) is 22.1 Å². The van der Waals surface area contributed by atoms with Crippen molar-refractivity contribution in [2.75, 3.05) is 18.0 Å². The van der Waals surface area contributed by atoms with Crippen molar-refractivity contribution in [3.63, 3.8) is 0 Å². The average molecular weight is 355 g/mol. The molecular formula is C16H23ClN4O3. The quantitative estimate of drug-likeness (QED) is 0.812. The van der Waals surface area contributed by atoms with Crippen molar-refractivity contribution >= 4 is 29.4 Å². The highest BCUT2D eigenvalue weighted by Crippen LogP contribution is 2.25. The van der Waals surface area contributed by atoms with Crippen LogP contribution in [0.4, 0.5) is 10.6 Å². The summed E-state index contributed by atoms with van der Waals surface area (Å²) in [7, 11) is 0. The fraction of sp³-hybridized carbons (Fsp3) is 0.562. The molecule has 8 heteroatoms. The van der Waals surface area contributed by atoms with E-state index in [2.05, 4.69) is 10.3 Å². The van der Waals surface area contributed by atoms with Crippen LogP contribution in [0.1, 0.15) is 44.0 Å². The molecule has 0 spiro atoms. The summed E-state index contributed by atoms with van der Waals surface area (Å²) in [5.74, 6) is -0.0651. The molecule has 1 aromatic heterocycles. The second-order valence-electron chi connectivity index (χ2n) is 6.84. The van der Waals surface area contributed by atoms with Crippen LogP contribution in [0.15, 0.2) is 12.1 Å². The summed E-state index contributed by atoms with van der Waals surface area (Å²) in [6.07, 6.45) is 0.702.